The molecule has 100 valence electrons. The van der Waals surface area contributed by atoms with Crippen LogP contribution in [0.3, 0.4) is 0 Å². The van der Waals surface area contributed by atoms with E-state index in [9.17, 15) is 0 Å². The molecule has 0 radical (unpaired) electrons. The van der Waals surface area contributed by atoms with E-state index in [4.69, 9.17) is 11.6 Å². The van der Waals surface area contributed by atoms with E-state index in [1.807, 2.05) is 24.7 Å². The number of nitrogens with one attached hydrogen (secondary N) is 1. The Hall–Kier alpha value is -1.48. The lowest BCUT2D eigenvalue weighted by molar-refractivity contribution is 0.730. The van der Waals surface area contributed by atoms with Crippen LogP contribution in [0.4, 0.5) is 5.69 Å². The fraction of sp³-hybridized carbons (Fsp3) is 0.400. The SMILES string of the molecule is Cc1nn(C)c(C)c1NC1Cc2ccc(Cl)cc2C1. The summed E-state index contributed by atoms with van der Waals surface area (Å²) in [4.78, 5) is 0. The van der Waals surface area contributed by atoms with Gasteiger partial charge in [-0.05, 0) is 49.9 Å². The van der Waals surface area contributed by atoms with Crippen LogP contribution in [0.25, 0.3) is 0 Å². The second kappa shape index (κ2) is 4.57. The van der Waals surface area contributed by atoms with Crippen molar-refractivity contribution in [3.63, 3.8) is 0 Å². The first kappa shape index (κ1) is 12.5. The van der Waals surface area contributed by atoms with Crippen molar-refractivity contribution in [2.45, 2.75) is 32.7 Å². The summed E-state index contributed by atoms with van der Waals surface area (Å²) in [6.45, 7) is 4.15. The van der Waals surface area contributed by atoms with E-state index in [0.717, 1.165) is 23.6 Å². The molecular formula is C15H18ClN3. The summed E-state index contributed by atoms with van der Waals surface area (Å²) in [6, 6.07) is 6.64. The summed E-state index contributed by atoms with van der Waals surface area (Å²) < 4.78 is 1.93. The van der Waals surface area contributed by atoms with Crippen LogP contribution in [0.1, 0.15) is 22.5 Å². The number of aryl methyl sites for hydroxylation is 2. The van der Waals surface area contributed by atoms with Gasteiger partial charge in [-0.15, -0.1) is 0 Å². The van der Waals surface area contributed by atoms with Crippen molar-refractivity contribution in [2.24, 2.45) is 7.05 Å². The largest absolute Gasteiger partial charge is 0.379 e. The summed E-state index contributed by atoms with van der Waals surface area (Å²) in [5, 5.41) is 8.91. The highest BCUT2D eigenvalue weighted by Crippen LogP contribution is 2.29. The van der Waals surface area contributed by atoms with Gasteiger partial charge in [0.05, 0.1) is 17.1 Å². The summed E-state index contributed by atoms with van der Waals surface area (Å²) in [5.74, 6) is 0. The van der Waals surface area contributed by atoms with Crippen LogP contribution >= 0.6 is 11.6 Å². The molecule has 3 nitrogen and oxygen atoms in total. The summed E-state index contributed by atoms with van der Waals surface area (Å²) in [5.41, 5.74) is 6.19. The molecule has 4 heteroatoms. The molecule has 1 aromatic heterocycles. The highest BCUT2D eigenvalue weighted by Gasteiger charge is 2.23. The number of anilines is 1. The van der Waals surface area contributed by atoms with Gasteiger partial charge in [0.2, 0.25) is 0 Å². The molecule has 0 aliphatic heterocycles. The van der Waals surface area contributed by atoms with E-state index in [-0.39, 0.29) is 0 Å². The third-order valence-corrected chi connectivity index (χ3v) is 4.19. The lowest BCUT2D eigenvalue weighted by Crippen LogP contribution is -2.20. The number of hydrogen-bond donors (Lipinski definition) is 1. The molecule has 1 aromatic carbocycles. The maximum atomic E-state index is 6.05. The first-order chi connectivity index (χ1) is 9.04. The maximum Gasteiger partial charge on any atom is 0.0827 e. The fourth-order valence-corrected chi connectivity index (χ4v) is 3.07. The minimum absolute atomic E-state index is 0.440. The fourth-order valence-electron chi connectivity index (χ4n) is 2.88. The number of halogens is 1. The molecule has 0 saturated heterocycles. The Bertz CT molecular complexity index is 631. The van der Waals surface area contributed by atoms with Crippen molar-refractivity contribution in [3.05, 3.63) is 45.7 Å². The maximum absolute atomic E-state index is 6.05. The van der Waals surface area contributed by atoms with Gasteiger partial charge in [-0.3, -0.25) is 4.68 Å². The minimum atomic E-state index is 0.440. The van der Waals surface area contributed by atoms with Gasteiger partial charge in [-0.1, -0.05) is 17.7 Å². The molecule has 1 atom stereocenters. The molecule has 3 rings (SSSR count). The van der Waals surface area contributed by atoms with E-state index >= 15 is 0 Å². The molecule has 0 saturated carbocycles. The van der Waals surface area contributed by atoms with Gasteiger partial charge in [0, 0.05) is 18.1 Å². The first-order valence-corrected chi connectivity index (χ1v) is 6.96. The zero-order valence-corrected chi connectivity index (χ0v) is 12.3. The van der Waals surface area contributed by atoms with Gasteiger partial charge in [0.15, 0.2) is 0 Å². The van der Waals surface area contributed by atoms with Crippen LogP contribution < -0.4 is 5.32 Å². The molecule has 0 spiro atoms. The second-order valence-electron chi connectivity index (χ2n) is 5.33. The zero-order valence-electron chi connectivity index (χ0n) is 11.5. The Balaban J connectivity index is 1.80. The van der Waals surface area contributed by atoms with Crippen LogP contribution in [0.5, 0.6) is 0 Å². The molecule has 19 heavy (non-hydrogen) atoms. The molecule has 1 aliphatic carbocycles. The number of aromatic nitrogens is 2. The van der Waals surface area contributed by atoms with E-state index in [1.165, 1.54) is 22.5 Å². The standard InChI is InChI=1S/C15H18ClN3/c1-9-15(10(2)19(3)18-9)17-14-7-11-4-5-13(16)6-12(11)8-14/h4-6,14,17H,7-8H2,1-3H3. The minimum Gasteiger partial charge on any atom is -0.379 e. The predicted octanol–water partition coefficient (Wildman–Crippen LogP) is 3.27. The molecule has 0 fully saturated rings. The predicted molar refractivity (Wildman–Crippen MR) is 79.0 cm³/mol. The molecule has 1 heterocycles. The number of fused-ring (bicyclic) bond motifs is 1. The van der Waals surface area contributed by atoms with Crippen molar-refractivity contribution in [1.29, 1.82) is 0 Å². The zero-order chi connectivity index (χ0) is 13.6. The molecule has 2 aromatic rings. The molecule has 1 aliphatic rings. The van der Waals surface area contributed by atoms with Crippen molar-refractivity contribution in [2.75, 3.05) is 5.32 Å². The van der Waals surface area contributed by atoms with Gasteiger partial charge in [-0.2, -0.15) is 5.10 Å². The topological polar surface area (TPSA) is 29.9 Å². The van der Waals surface area contributed by atoms with Gasteiger partial charge in [-0.25, -0.2) is 0 Å². The van der Waals surface area contributed by atoms with Crippen molar-refractivity contribution in [3.8, 4) is 0 Å². The Labute approximate surface area is 118 Å². The van der Waals surface area contributed by atoms with Gasteiger partial charge in [0.25, 0.3) is 0 Å². The Morgan fingerprint density at radius 1 is 1.26 bits per heavy atom. The third-order valence-electron chi connectivity index (χ3n) is 3.96. The quantitative estimate of drug-likeness (QED) is 0.912. The Morgan fingerprint density at radius 3 is 2.68 bits per heavy atom. The molecule has 0 bridgehead atoms. The Kier molecular flexibility index (Phi) is 3.02. The van der Waals surface area contributed by atoms with Crippen LogP contribution in [0, 0.1) is 13.8 Å². The highest BCUT2D eigenvalue weighted by molar-refractivity contribution is 6.30. The van der Waals surface area contributed by atoms with E-state index < -0.39 is 0 Å². The normalized spacial score (nSPS) is 17.6. The highest BCUT2D eigenvalue weighted by atomic mass is 35.5. The lowest BCUT2D eigenvalue weighted by atomic mass is 10.1. The number of hydrogen-bond acceptors (Lipinski definition) is 2. The average molecular weight is 276 g/mol. The number of nitrogens with zero attached hydrogens (tertiary/aromatic N) is 2. The number of rotatable bonds is 2. The van der Waals surface area contributed by atoms with Crippen LogP contribution in [0.2, 0.25) is 5.02 Å². The molecule has 0 amide bonds. The summed E-state index contributed by atoms with van der Waals surface area (Å²) in [7, 11) is 1.98. The van der Waals surface area contributed by atoms with Crippen molar-refractivity contribution < 1.29 is 0 Å². The van der Waals surface area contributed by atoms with E-state index in [0.29, 0.717) is 6.04 Å². The van der Waals surface area contributed by atoms with Gasteiger partial charge in [0.1, 0.15) is 0 Å². The molecule has 1 unspecified atom stereocenters. The van der Waals surface area contributed by atoms with Gasteiger partial charge >= 0.3 is 0 Å². The van der Waals surface area contributed by atoms with Crippen LogP contribution in [-0.4, -0.2) is 15.8 Å². The lowest BCUT2D eigenvalue weighted by Gasteiger charge is -2.13. The second-order valence-corrected chi connectivity index (χ2v) is 5.77. The van der Waals surface area contributed by atoms with Gasteiger partial charge < -0.3 is 5.32 Å². The van der Waals surface area contributed by atoms with E-state index in [2.05, 4.69) is 29.5 Å². The average Bonchev–Trinajstić information content (AvgIpc) is 2.85. The Morgan fingerprint density at radius 2 is 2.00 bits per heavy atom. The summed E-state index contributed by atoms with van der Waals surface area (Å²) in [6.07, 6.45) is 2.09. The van der Waals surface area contributed by atoms with Crippen LogP contribution in [0.15, 0.2) is 18.2 Å². The van der Waals surface area contributed by atoms with Crippen molar-refractivity contribution >= 4 is 17.3 Å². The number of benzene rings is 1. The molecule has 1 N–H and O–H groups in total. The third kappa shape index (κ3) is 2.23. The smallest absolute Gasteiger partial charge is 0.0827 e. The summed E-state index contributed by atoms with van der Waals surface area (Å²) >= 11 is 6.05. The molecular weight excluding hydrogens is 258 g/mol. The first-order valence-electron chi connectivity index (χ1n) is 6.58. The monoisotopic (exact) mass is 275 g/mol. The van der Waals surface area contributed by atoms with Crippen molar-refractivity contribution in [1.82, 2.24) is 9.78 Å². The van der Waals surface area contributed by atoms with E-state index in [1.54, 1.807) is 0 Å². The van der Waals surface area contributed by atoms with Crippen LogP contribution in [-0.2, 0) is 19.9 Å².